The second-order valence-corrected chi connectivity index (χ2v) is 7.18. The van der Waals surface area contributed by atoms with Crippen molar-refractivity contribution >= 4 is 39.1 Å². The third-order valence-electron chi connectivity index (χ3n) is 4.81. The molecule has 0 heterocycles. The van der Waals surface area contributed by atoms with Crippen molar-refractivity contribution in [3.63, 3.8) is 0 Å². The largest absolute Gasteiger partial charge is 0.497 e. The molecule has 0 aliphatic heterocycles. The molecule has 1 N–H and O–H groups in total. The zero-order valence-corrected chi connectivity index (χ0v) is 17.7. The van der Waals surface area contributed by atoms with Gasteiger partial charge in [0.25, 0.3) is 0 Å². The molecule has 0 fully saturated rings. The first-order valence-corrected chi connectivity index (χ1v) is 9.42. The van der Waals surface area contributed by atoms with Crippen LogP contribution in [0.5, 0.6) is 17.2 Å². The second kappa shape index (κ2) is 8.10. The summed E-state index contributed by atoms with van der Waals surface area (Å²) in [5, 5.41) is 9.36. The summed E-state index contributed by atoms with van der Waals surface area (Å²) in [5.41, 5.74) is 5.47. The van der Waals surface area contributed by atoms with Gasteiger partial charge in [-0.05, 0) is 86.6 Å². The van der Waals surface area contributed by atoms with Gasteiger partial charge in [-0.15, -0.1) is 0 Å². The number of allylic oxidation sites excluding steroid dienone is 2. The van der Waals surface area contributed by atoms with Crippen molar-refractivity contribution in [2.45, 2.75) is 13.3 Å². The van der Waals surface area contributed by atoms with Crippen LogP contribution in [-0.4, -0.2) is 32.4 Å². The van der Waals surface area contributed by atoms with Gasteiger partial charge in [-0.1, -0.05) is 6.07 Å². The van der Waals surface area contributed by atoms with Crippen molar-refractivity contribution in [1.82, 2.24) is 0 Å². The van der Waals surface area contributed by atoms with Gasteiger partial charge in [0.1, 0.15) is 21.7 Å². The van der Waals surface area contributed by atoms with E-state index in [0.29, 0.717) is 17.2 Å². The van der Waals surface area contributed by atoms with Gasteiger partial charge >= 0.3 is 5.97 Å². The summed E-state index contributed by atoms with van der Waals surface area (Å²) < 4.78 is 16.9. The Hall–Kier alpha value is -2.73. The number of carboxylic acid groups (broad SMARTS) is 1. The third-order valence-corrected chi connectivity index (χ3v) is 5.59. The number of hydrogen-bond acceptors (Lipinski definition) is 4. The average Bonchev–Trinajstić information content (AvgIpc) is 2.93. The minimum Gasteiger partial charge on any atom is -0.497 e. The normalized spacial score (nSPS) is 14.2. The van der Waals surface area contributed by atoms with Gasteiger partial charge in [0.15, 0.2) is 0 Å². The predicted octanol–water partition coefficient (Wildman–Crippen LogP) is 5.28. The Labute approximate surface area is 172 Å². The second-order valence-electron chi connectivity index (χ2n) is 6.38. The molecule has 28 heavy (non-hydrogen) atoms. The monoisotopic (exact) mass is 444 g/mol. The van der Waals surface area contributed by atoms with Crippen molar-refractivity contribution in [2.24, 2.45) is 0 Å². The first-order valence-electron chi connectivity index (χ1n) is 8.63. The molecule has 1 aliphatic rings. The maximum atomic E-state index is 11.4. The van der Waals surface area contributed by atoms with Crippen LogP contribution in [0.25, 0.3) is 17.2 Å². The molecule has 0 amide bonds. The lowest BCUT2D eigenvalue weighted by molar-refractivity contribution is -0.135. The maximum Gasteiger partial charge on any atom is 0.307 e. The number of carboxylic acids is 1. The van der Waals surface area contributed by atoms with Crippen molar-refractivity contribution in [3.8, 4) is 17.2 Å². The molecule has 0 radical (unpaired) electrons. The van der Waals surface area contributed by atoms with Gasteiger partial charge < -0.3 is 19.3 Å². The Bertz CT molecular complexity index is 979. The number of hydrogen-bond donors (Lipinski definition) is 1. The topological polar surface area (TPSA) is 65.0 Å². The molecule has 1 aliphatic carbocycles. The molecule has 0 saturated carbocycles. The summed E-state index contributed by atoms with van der Waals surface area (Å²) in [7, 11) is 4.80. The van der Waals surface area contributed by atoms with Gasteiger partial charge in [0.05, 0.1) is 27.8 Å². The molecular formula is C22H21BrO5. The maximum absolute atomic E-state index is 11.4. The molecule has 0 spiro atoms. The van der Waals surface area contributed by atoms with Crippen LogP contribution in [0.4, 0.5) is 0 Å². The van der Waals surface area contributed by atoms with E-state index in [0.717, 1.165) is 37.9 Å². The van der Waals surface area contributed by atoms with Gasteiger partial charge in [-0.3, -0.25) is 4.79 Å². The molecule has 0 atom stereocenters. The lowest BCUT2D eigenvalue weighted by Gasteiger charge is -2.11. The van der Waals surface area contributed by atoms with Gasteiger partial charge in [0, 0.05) is 0 Å². The number of fused-ring (bicyclic) bond motifs is 1. The molecule has 3 rings (SSSR count). The fraction of sp³-hybridized carbons (Fsp3) is 0.227. The molecule has 0 unspecified atom stereocenters. The Morgan fingerprint density at radius 3 is 2.21 bits per heavy atom. The summed E-state index contributed by atoms with van der Waals surface area (Å²) in [6.07, 6.45) is 1.98. The van der Waals surface area contributed by atoms with Crippen molar-refractivity contribution in [1.29, 1.82) is 0 Å². The Balaban J connectivity index is 2.19. The number of benzene rings is 2. The van der Waals surface area contributed by atoms with Crippen LogP contribution in [0.3, 0.4) is 0 Å². The lowest BCUT2D eigenvalue weighted by atomic mass is 10.00. The number of ether oxygens (including phenoxy) is 3. The molecule has 0 saturated heterocycles. The van der Waals surface area contributed by atoms with Crippen LogP contribution >= 0.6 is 15.9 Å². The summed E-state index contributed by atoms with van der Waals surface area (Å²) in [6, 6.07) is 9.55. The quantitative estimate of drug-likeness (QED) is 0.656. The number of halogens is 1. The smallest absolute Gasteiger partial charge is 0.307 e. The fourth-order valence-corrected chi connectivity index (χ4v) is 3.96. The van der Waals surface area contributed by atoms with Crippen molar-refractivity contribution in [3.05, 3.63) is 57.1 Å². The molecule has 5 nitrogen and oxygen atoms in total. The SMILES string of the molecule is COc1ccc2c(c1)C(CC(=O)O)=C(C)/C2=C/c1cc(OC)c(Br)c(OC)c1. The van der Waals surface area contributed by atoms with Crippen LogP contribution in [-0.2, 0) is 4.79 Å². The Morgan fingerprint density at radius 2 is 1.68 bits per heavy atom. The number of methoxy groups -OCH3 is 3. The van der Waals surface area contributed by atoms with Crippen LogP contribution in [0, 0.1) is 0 Å². The van der Waals surface area contributed by atoms with Gasteiger partial charge in [-0.25, -0.2) is 0 Å². The van der Waals surface area contributed by atoms with Crippen LogP contribution in [0.2, 0.25) is 0 Å². The Morgan fingerprint density at radius 1 is 1.04 bits per heavy atom. The van der Waals surface area contributed by atoms with E-state index in [1.54, 1.807) is 21.3 Å². The zero-order valence-electron chi connectivity index (χ0n) is 16.1. The Kier molecular flexibility index (Phi) is 5.79. The molecule has 146 valence electrons. The van der Waals surface area contributed by atoms with E-state index in [9.17, 15) is 9.90 Å². The summed E-state index contributed by atoms with van der Waals surface area (Å²) in [5.74, 6) is 1.15. The summed E-state index contributed by atoms with van der Waals surface area (Å²) >= 11 is 3.48. The van der Waals surface area contributed by atoms with E-state index in [4.69, 9.17) is 14.2 Å². The summed E-state index contributed by atoms with van der Waals surface area (Å²) in [4.78, 5) is 11.4. The van der Waals surface area contributed by atoms with E-state index < -0.39 is 5.97 Å². The highest BCUT2D eigenvalue weighted by Crippen LogP contribution is 2.45. The van der Waals surface area contributed by atoms with Crippen LogP contribution < -0.4 is 14.2 Å². The standard InChI is InChI=1S/C22H21BrO5/c1-12-16(7-13-8-19(27-3)22(23)20(9-13)28-4)15-6-5-14(26-2)10-18(15)17(12)11-21(24)25/h5-10H,11H2,1-4H3,(H,24,25)/b16-7-. The van der Waals surface area contributed by atoms with Crippen molar-refractivity contribution in [2.75, 3.05) is 21.3 Å². The van der Waals surface area contributed by atoms with E-state index in [2.05, 4.69) is 15.9 Å². The molecule has 0 aromatic heterocycles. The number of aliphatic carboxylic acids is 1. The van der Waals surface area contributed by atoms with Crippen LogP contribution in [0.15, 0.2) is 40.4 Å². The first kappa shape index (κ1) is 20.0. The minimum atomic E-state index is -0.864. The highest BCUT2D eigenvalue weighted by atomic mass is 79.9. The summed E-state index contributed by atoms with van der Waals surface area (Å²) in [6.45, 7) is 1.95. The van der Waals surface area contributed by atoms with Gasteiger partial charge in [0.2, 0.25) is 0 Å². The molecule has 0 bridgehead atoms. The van der Waals surface area contributed by atoms with Crippen LogP contribution in [0.1, 0.15) is 30.0 Å². The average molecular weight is 445 g/mol. The lowest BCUT2D eigenvalue weighted by Crippen LogP contribution is -1.97. The highest BCUT2D eigenvalue weighted by molar-refractivity contribution is 9.10. The molecule has 2 aromatic carbocycles. The minimum absolute atomic E-state index is 0.0453. The highest BCUT2D eigenvalue weighted by Gasteiger charge is 2.26. The zero-order chi connectivity index (χ0) is 20.4. The predicted molar refractivity (Wildman–Crippen MR) is 113 cm³/mol. The third kappa shape index (κ3) is 3.64. The van der Waals surface area contributed by atoms with Crippen molar-refractivity contribution < 1.29 is 24.1 Å². The van der Waals surface area contributed by atoms with E-state index in [-0.39, 0.29) is 6.42 Å². The van der Waals surface area contributed by atoms with E-state index in [1.165, 1.54) is 0 Å². The molecular weight excluding hydrogens is 424 g/mol. The van der Waals surface area contributed by atoms with E-state index in [1.807, 2.05) is 43.3 Å². The fourth-order valence-electron chi connectivity index (χ4n) is 3.41. The van der Waals surface area contributed by atoms with E-state index >= 15 is 0 Å². The number of carbonyl (C=O) groups is 1. The molecule has 6 heteroatoms. The van der Waals surface area contributed by atoms with Gasteiger partial charge in [-0.2, -0.15) is 0 Å². The molecule has 2 aromatic rings. The first-order chi connectivity index (χ1) is 13.4. The number of rotatable bonds is 6.